The van der Waals surface area contributed by atoms with Gasteiger partial charge in [0.25, 0.3) is 0 Å². The van der Waals surface area contributed by atoms with E-state index in [1.807, 2.05) is 6.07 Å². The van der Waals surface area contributed by atoms with Crippen LogP contribution in [0.2, 0.25) is 8.67 Å². The molecule has 108 valence electrons. The molecule has 1 aromatic rings. The van der Waals surface area contributed by atoms with Crippen molar-refractivity contribution in [1.82, 2.24) is 5.32 Å². The Morgan fingerprint density at radius 2 is 1.79 bits per heavy atom. The second-order valence-electron chi connectivity index (χ2n) is 5.71. The summed E-state index contributed by atoms with van der Waals surface area (Å²) in [6.45, 7) is 4.49. The first-order valence-electron chi connectivity index (χ1n) is 7.28. The predicted octanol–water partition coefficient (Wildman–Crippen LogP) is 6.06. The van der Waals surface area contributed by atoms with E-state index in [2.05, 4.69) is 19.2 Å². The van der Waals surface area contributed by atoms with E-state index in [1.54, 1.807) is 0 Å². The highest BCUT2D eigenvalue weighted by atomic mass is 35.5. The molecular formula is C15H23Cl2NS. The van der Waals surface area contributed by atoms with Gasteiger partial charge < -0.3 is 5.32 Å². The van der Waals surface area contributed by atoms with E-state index in [0.717, 1.165) is 20.2 Å². The summed E-state index contributed by atoms with van der Waals surface area (Å²) < 4.78 is 1.59. The van der Waals surface area contributed by atoms with Crippen LogP contribution < -0.4 is 5.32 Å². The predicted molar refractivity (Wildman–Crippen MR) is 86.5 cm³/mol. The average molecular weight is 320 g/mol. The molecule has 1 nitrogen and oxygen atoms in total. The van der Waals surface area contributed by atoms with E-state index in [-0.39, 0.29) is 6.04 Å². The fourth-order valence-corrected chi connectivity index (χ4v) is 4.73. The van der Waals surface area contributed by atoms with Gasteiger partial charge in [0, 0.05) is 12.1 Å². The lowest BCUT2D eigenvalue weighted by atomic mass is 9.92. The van der Waals surface area contributed by atoms with Crippen LogP contribution in [0.4, 0.5) is 0 Å². The molecule has 0 amide bonds. The van der Waals surface area contributed by atoms with E-state index in [1.165, 1.54) is 49.9 Å². The second-order valence-corrected chi connectivity index (χ2v) is 7.99. The molecule has 1 fully saturated rings. The molecule has 2 rings (SSSR count). The van der Waals surface area contributed by atoms with Gasteiger partial charge in [-0.05, 0) is 44.2 Å². The van der Waals surface area contributed by atoms with Crippen molar-refractivity contribution in [2.75, 3.05) is 0 Å². The Kier molecular flexibility index (Phi) is 6.01. The van der Waals surface area contributed by atoms with Gasteiger partial charge in [-0.25, -0.2) is 0 Å². The minimum Gasteiger partial charge on any atom is -0.307 e. The Morgan fingerprint density at radius 1 is 1.16 bits per heavy atom. The first-order chi connectivity index (χ1) is 9.08. The monoisotopic (exact) mass is 319 g/mol. The lowest BCUT2D eigenvalue weighted by Gasteiger charge is -2.27. The molecule has 0 radical (unpaired) electrons. The molecule has 2 atom stereocenters. The van der Waals surface area contributed by atoms with Gasteiger partial charge in [-0.1, -0.05) is 48.9 Å². The van der Waals surface area contributed by atoms with Crippen LogP contribution in [0.1, 0.15) is 64.0 Å². The van der Waals surface area contributed by atoms with Crippen LogP contribution in [0.3, 0.4) is 0 Å². The minimum atomic E-state index is 0.273. The molecule has 19 heavy (non-hydrogen) atoms. The summed E-state index contributed by atoms with van der Waals surface area (Å²) in [5, 5.41) is 3.71. The average Bonchev–Trinajstić information content (AvgIpc) is 2.58. The molecule has 0 saturated heterocycles. The zero-order chi connectivity index (χ0) is 13.8. The van der Waals surface area contributed by atoms with Crippen molar-refractivity contribution in [3.05, 3.63) is 20.3 Å². The Hall–Kier alpha value is 0.240. The zero-order valence-corrected chi connectivity index (χ0v) is 14.0. The van der Waals surface area contributed by atoms with Gasteiger partial charge in [-0.3, -0.25) is 0 Å². The molecule has 0 aliphatic heterocycles. The maximum atomic E-state index is 6.23. The molecule has 4 heteroatoms. The number of rotatable bonds is 4. The lowest BCUT2D eigenvalue weighted by Crippen LogP contribution is -2.35. The van der Waals surface area contributed by atoms with Crippen LogP contribution in [-0.4, -0.2) is 6.04 Å². The molecule has 1 saturated carbocycles. The number of hydrogen-bond donors (Lipinski definition) is 1. The van der Waals surface area contributed by atoms with Gasteiger partial charge in [0.1, 0.15) is 0 Å². The van der Waals surface area contributed by atoms with E-state index in [9.17, 15) is 0 Å². The maximum absolute atomic E-state index is 6.23. The lowest BCUT2D eigenvalue weighted by molar-refractivity contribution is 0.316. The highest BCUT2D eigenvalue weighted by Crippen LogP contribution is 2.35. The molecule has 0 bridgehead atoms. The van der Waals surface area contributed by atoms with Gasteiger partial charge >= 0.3 is 0 Å². The summed E-state index contributed by atoms with van der Waals surface area (Å²) in [6, 6.07) is 2.81. The summed E-state index contributed by atoms with van der Waals surface area (Å²) in [7, 11) is 0. The zero-order valence-electron chi connectivity index (χ0n) is 11.7. The Morgan fingerprint density at radius 3 is 2.32 bits per heavy atom. The van der Waals surface area contributed by atoms with Crippen LogP contribution in [0.15, 0.2) is 6.07 Å². The summed E-state index contributed by atoms with van der Waals surface area (Å²) >= 11 is 13.7. The van der Waals surface area contributed by atoms with E-state index < -0.39 is 0 Å². The van der Waals surface area contributed by atoms with Crippen LogP contribution in [-0.2, 0) is 0 Å². The summed E-state index contributed by atoms with van der Waals surface area (Å²) in [4.78, 5) is 0. The van der Waals surface area contributed by atoms with E-state index >= 15 is 0 Å². The van der Waals surface area contributed by atoms with E-state index in [0.29, 0.717) is 6.04 Å². The van der Waals surface area contributed by atoms with Crippen molar-refractivity contribution in [3.8, 4) is 0 Å². The molecule has 0 aromatic carbocycles. The number of nitrogens with one attached hydrogen (secondary N) is 1. The van der Waals surface area contributed by atoms with Crippen LogP contribution in [0.5, 0.6) is 0 Å². The fourth-order valence-electron chi connectivity index (χ4n) is 3.08. The van der Waals surface area contributed by atoms with Crippen molar-refractivity contribution in [2.45, 2.75) is 64.5 Å². The minimum absolute atomic E-state index is 0.273. The first-order valence-corrected chi connectivity index (χ1v) is 8.86. The quantitative estimate of drug-likeness (QED) is 0.664. The third-order valence-electron chi connectivity index (χ3n) is 4.27. The van der Waals surface area contributed by atoms with Gasteiger partial charge in [-0.15, -0.1) is 11.3 Å². The molecule has 1 aromatic heterocycles. The van der Waals surface area contributed by atoms with Gasteiger partial charge in [-0.2, -0.15) is 0 Å². The maximum Gasteiger partial charge on any atom is 0.0991 e. The third kappa shape index (κ3) is 4.35. The Labute approximate surface area is 130 Å². The molecule has 1 aliphatic carbocycles. The van der Waals surface area contributed by atoms with Crippen molar-refractivity contribution < 1.29 is 0 Å². The van der Waals surface area contributed by atoms with Crippen LogP contribution >= 0.6 is 34.5 Å². The number of halogens is 2. The highest BCUT2D eigenvalue weighted by molar-refractivity contribution is 7.20. The molecule has 1 heterocycles. The Balaban J connectivity index is 1.93. The topological polar surface area (TPSA) is 12.0 Å². The molecular weight excluding hydrogens is 297 g/mol. The normalized spacial score (nSPS) is 21.1. The van der Waals surface area contributed by atoms with Crippen LogP contribution in [0.25, 0.3) is 0 Å². The SMILES string of the molecule is CC(N[C@@H](C)C1CCCCCC1)c1cc(Cl)sc1Cl. The van der Waals surface area contributed by atoms with E-state index in [4.69, 9.17) is 23.2 Å². The summed E-state index contributed by atoms with van der Waals surface area (Å²) in [6.07, 6.45) is 8.31. The Bertz CT molecular complexity index is 397. The molecule has 0 spiro atoms. The van der Waals surface area contributed by atoms with Crippen molar-refractivity contribution >= 4 is 34.5 Å². The first kappa shape index (κ1) is 15.6. The fraction of sp³-hybridized carbons (Fsp3) is 0.733. The number of hydrogen-bond acceptors (Lipinski definition) is 2. The van der Waals surface area contributed by atoms with Gasteiger partial charge in [0.2, 0.25) is 0 Å². The van der Waals surface area contributed by atoms with Gasteiger partial charge in [0.15, 0.2) is 0 Å². The van der Waals surface area contributed by atoms with Crippen molar-refractivity contribution in [1.29, 1.82) is 0 Å². The van der Waals surface area contributed by atoms with Crippen molar-refractivity contribution in [2.24, 2.45) is 5.92 Å². The highest BCUT2D eigenvalue weighted by Gasteiger charge is 2.22. The summed E-state index contributed by atoms with van der Waals surface area (Å²) in [5.74, 6) is 0.804. The van der Waals surface area contributed by atoms with Gasteiger partial charge in [0.05, 0.1) is 8.67 Å². The van der Waals surface area contributed by atoms with Crippen LogP contribution in [0, 0.1) is 5.92 Å². The standard InChI is InChI=1S/C15H23Cl2NS/c1-10(12-7-5-3-4-6-8-12)18-11(2)13-9-14(16)19-15(13)17/h9-12,18H,3-8H2,1-2H3/t10-,11?/m0/s1. The molecule has 1 unspecified atom stereocenters. The smallest absolute Gasteiger partial charge is 0.0991 e. The number of thiophene rings is 1. The third-order valence-corrected chi connectivity index (χ3v) is 5.79. The largest absolute Gasteiger partial charge is 0.307 e. The second kappa shape index (κ2) is 7.31. The van der Waals surface area contributed by atoms with Crippen molar-refractivity contribution in [3.63, 3.8) is 0 Å². The molecule has 1 aliphatic rings. The molecule has 1 N–H and O–H groups in total. The summed E-state index contributed by atoms with van der Waals surface area (Å²) in [5.41, 5.74) is 1.14.